The third kappa shape index (κ3) is 3.36. The van der Waals surface area contributed by atoms with Crippen molar-refractivity contribution in [3.63, 3.8) is 0 Å². The van der Waals surface area contributed by atoms with E-state index in [1.807, 2.05) is 6.07 Å². The van der Waals surface area contributed by atoms with Gasteiger partial charge in [0.05, 0.1) is 5.02 Å². The van der Waals surface area contributed by atoms with E-state index in [0.717, 1.165) is 57.8 Å². The molecule has 22 heavy (non-hydrogen) atoms. The Hall–Kier alpha value is -0.520. The first-order valence-electron chi connectivity index (χ1n) is 7.88. The Balaban J connectivity index is 1.94. The molecule has 0 radical (unpaired) electrons. The van der Waals surface area contributed by atoms with E-state index < -0.39 is 0 Å². The molecule has 2 fully saturated rings. The molecular weight excluding hydrogens is 323 g/mol. The minimum atomic E-state index is 0.129. The van der Waals surface area contributed by atoms with Gasteiger partial charge in [-0.2, -0.15) is 0 Å². The highest BCUT2D eigenvalue weighted by atomic mass is 35.5. The van der Waals surface area contributed by atoms with Gasteiger partial charge < -0.3 is 15.2 Å². The van der Waals surface area contributed by atoms with Crippen LogP contribution in [-0.2, 0) is 4.74 Å². The number of piperazine rings is 1. The lowest BCUT2D eigenvalue weighted by Gasteiger charge is -2.41. The molecule has 4 nitrogen and oxygen atoms in total. The van der Waals surface area contributed by atoms with Crippen molar-refractivity contribution in [3.05, 3.63) is 27.7 Å². The summed E-state index contributed by atoms with van der Waals surface area (Å²) in [6.07, 6.45) is 2.02. The molecule has 1 aromatic rings. The van der Waals surface area contributed by atoms with Crippen LogP contribution < -0.4 is 5.32 Å². The molecule has 2 heterocycles. The molecule has 0 spiro atoms. The molecule has 6 heteroatoms. The van der Waals surface area contributed by atoms with Crippen LogP contribution in [0, 0.1) is 5.92 Å². The van der Waals surface area contributed by atoms with Crippen molar-refractivity contribution in [3.8, 4) is 5.75 Å². The third-order valence-electron chi connectivity index (χ3n) is 4.68. The smallest absolute Gasteiger partial charge is 0.140 e. The van der Waals surface area contributed by atoms with Crippen molar-refractivity contribution in [1.29, 1.82) is 0 Å². The number of hydrogen-bond acceptors (Lipinski definition) is 4. The first kappa shape index (κ1) is 16.3. The minimum Gasteiger partial charge on any atom is -0.506 e. The second-order valence-corrected chi connectivity index (χ2v) is 6.76. The number of aromatic hydroxyl groups is 1. The van der Waals surface area contributed by atoms with Gasteiger partial charge in [0.2, 0.25) is 0 Å². The lowest BCUT2D eigenvalue weighted by Crippen LogP contribution is -2.47. The normalized spacial score (nSPS) is 22.6. The van der Waals surface area contributed by atoms with Crippen LogP contribution in [0.5, 0.6) is 5.75 Å². The monoisotopic (exact) mass is 344 g/mol. The zero-order chi connectivity index (χ0) is 15.5. The van der Waals surface area contributed by atoms with Crippen LogP contribution in [-0.4, -0.2) is 49.4 Å². The van der Waals surface area contributed by atoms with Crippen molar-refractivity contribution in [2.45, 2.75) is 18.9 Å². The fraction of sp³-hybridized carbons (Fsp3) is 0.625. The molecule has 0 aromatic heterocycles. The van der Waals surface area contributed by atoms with Gasteiger partial charge in [-0.15, -0.1) is 0 Å². The summed E-state index contributed by atoms with van der Waals surface area (Å²) in [6, 6.07) is 3.87. The Morgan fingerprint density at radius 1 is 1.18 bits per heavy atom. The number of ether oxygens (including phenoxy) is 1. The van der Waals surface area contributed by atoms with Gasteiger partial charge in [-0.05, 0) is 24.8 Å². The molecule has 2 aliphatic rings. The molecule has 0 bridgehead atoms. The SMILES string of the molecule is Oc1c([C@@H](C2CCOCC2)N2CCNCC2)ccc(Cl)c1Cl. The van der Waals surface area contributed by atoms with Gasteiger partial charge in [0, 0.05) is 51.0 Å². The van der Waals surface area contributed by atoms with E-state index in [2.05, 4.69) is 10.2 Å². The van der Waals surface area contributed by atoms with Crippen LogP contribution in [0.2, 0.25) is 10.0 Å². The van der Waals surface area contributed by atoms with Gasteiger partial charge in [-0.3, -0.25) is 4.90 Å². The van der Waals surface area contributed by atoms with E-state index in [4.69, 9.17) is 27.9 Å². The highest BCUT2D eigenvalue weighted by molar-refractivity contribution is 6.43. The topological polar surface area (TPSA) is 44.7 Å². The Morgan fingerprint density at radius 2 is 1.86 bits per heavy atom. The molecule has 0 unspecified atom stereocenters. The Kier molecular flexibility index (Phi) is 5.47. The zero-order valence-corrected chi connectivity index (χ0v) is 14.0. The quantitative estimate of drug-likeness (QED) is 0.884. The highest BCUT2D eigenvalue weighted by Gasteiger charge is 2.33. The van der Waals surface area contributed by atoms with E-state index in [1.165, 1.54) is 0 Å². The molecule has 0 saturated carbocycles. The maximum atomic E-state index is 10.5. The fourth-order valence-electron chi connectivity index (χ4n) is 3.53. The summed E-state index contributed by atoms with van der Waals surface area (Å²) in [5.41, 5.74) is 0.892. The average Bonchev–Trinajstić information content (AvgIpc) is 2.57. The van der Waals surface area contributed by atoms with E-state index in [9.17, 15) is 5.11 Å². The summed E-state index contributed by atoms with van der Waals surface area (Å²) in [5.74, 6) is 0.596. The number of rotatable bonds is 3. The van der Waals surface area contributed by atoms with Gasteiger partial charge >= 0.3 is 0 Å². The number of halogens is 2. The average molecular weight is 345 g/mol. The summed E-state index contributed by atoms with van der Waals surface area (Å²) in [4.78, 5) is 2.45. The van der Waals surface area contributed by atoms with E-state index in [1.54, 1.807) is 6.07 Å². The first-order chi connectivity index (χ1) is 10.7. The molecule has 122 valence electrons. The molecule has 0 amide bonds. The maximum Gasteiger partial charge on any atom is 0.140 e. The van der Waals surface area contributed by atoms with Crippen LogP contribution in [0.4, 0.5) is 0 Å². The Bertz CT molecular complexity index is 497. The molecule has 2 N–H and O–H groups in total. The van der Waals surface area contributed by atoms with E-state index >= 15 is 0 Å². The maximum absolute atomic E-state index is 10.5. The lowest BCUT2D eigenvalue weighted by atomic mass is 9.85. The van der Waals surface area contributed by atoms with Gasteiger partial charge in [-0.1, -0.05) is 29.3 Å². The number of nitrogens with one attached hydrogen (secondary N) is 1. The zero-order valence-electron chi connectivity index (χ0n) is 12.5. The van der Waals surface area contributed by atoms with Crippen molar-refractivity contribution < 1.29 is 9.84 Å². The Labute approximate surface area is 141 Å². The predicted molar refractivity (Wildman–Crippen MR) is 88.9 cm³/mol. The van der Waals surface area contributed by atoms with Crippen LogP contribution in [0.25, 0.3) is 0 Å². The lowest BCUT2D eigenvalue weighted by molar-refractivity contribution is 0.0206. The van der Waals surface area contributed by atoms with Gasteiger partial charge in [0.25, 0.3) is 0 Å². The van der Waals surface area contributed by atoms with Gasteiger partial charge in [0.15, 0.2) is 0 Å². The minimum absolute atomic E-state index is 0.129. The number of benzene rings is 1. The van der Waals surface area contributed by atoms with Crippen LogP contribution in [0.1, 0.15) is 24.4 Å². The Morgan fingerprint density at radius 3 is 2.55 bits per heavy atom. The standard InChI is InChI=1S/C16H22Cl2N2O2/c17-13-2-1-12(16(21)14(13)18)15(11-3-9-22-10-4-11)20-7-5-19-6-8-20/h1-2,11,15,19,21H,3-10H2/t15-/m1/s1. The van der Waals surface area contributed by atoms with Crippen molar-refractivity contribution in [2.75, 3.05) is 39.4 Å². The third-order valence-corrected chi connectivity index (χ3v) is 5.47. The fourth-order valence-corrected chi connectivity index (χ4v) is 3.86. The van der Waals surface area contributed by atoms with E-state index in [0.29, 0.717) is 10.9 Å². The van der Waals surface area contributed by atoms with E-state index in [-0.39, 0.29) is 16.8 Å². The summed E-state index contributed by atoms with van der Waals surface area (Å²) in [6.45, 7) is 5.47. The number of hydrogen-bond donors (Lipinski definition) is 2. The molecule has 1 aromatic carbocycles. The van der Waals surface area contributed by atoms with Crippen molar-refractivity contribution in [1.82, 2.24) is 10.2 Å². The molecule has 3 rings (SSSR count). The second-order valence-electron chi connectivity index (χ2n) is 5.98. The summed E-state index contributed by atoms with van der Waals surface area (Å²) < 4.78 is 5.51. The second kappa shape index (κ2) is 7.37. The molecule has 1 atom stereocenters. The molecule has 0 aliphatic carbocycles. The predicted octanol–water partition coefficient (Wildman–Crippen LogP) is 3.07. The molecule has 2 saturated heterocycles. The van der Waals surface area contributed by atoms with Crippen LogP contribution >= 0.6 is 23.2 Å². The largest absolute Gasteiger partial charge is 0.506 e. The molecular formula is C16H22Cl2N2O2. The first-order valence-corrected chi connectivity index (χ1v) is 8.63. The highest BCUT2D eigenvalue weighted by Crippen LogP contribution is 2.43. The summed E-state index contributed by atoms with van der Waals surface area (Å²) in [5, 5.41) is 14.6. The molecule has 2 aliphatic heterocycles. The van der Waals surface area contributed by atoms with Crippen molar-refractivity contribution in [2.24, 2.45) is 5.92 Å². The number of phenols is 1. The van der Waals surface area contributed by atoms with Gasteiger partial charge in [-0.25, -0.2) is 0 Å². The van der Waals surface area contributed by atoms with Crippen LogP contribution in [0.3, 0.4) is 0 Å². The van der Waals surface area contributed by atoms with Gasteiger partial charge in [0.1, 0.15) is 10.8 Å². The number of nitrogens with zero attached hydrogens (tertiary/aromatic N) is 1. The number of phenolic OH excluding ortho intramolecular Hbond substituents is 1. The summed E-state index contributed by atoms with van der Waals surface area (Å²) >= 11 is 12.2. The summed E-state index contributed by atoms with van der Waals surface area (Å²) in [7, 11) is 0. The van der Waals surface area contributed by atoms with Crippen molar-refractivity contribution >= 4 is 23.2 Å². The van der Waals surface area contributed by atoms with Crippen LogP contribution in [0.15, 0.2) is 12.1 Å².